The summed E-state index contributed by atoms with van der Waals surface area (Å²) in [5.41, 5.74) is 6.39. The van der Waals surface area contributed by atoms with Crippen LogP contribution in [-0.4, -0.2) is 37.0 Å². The van der Waals surface area contributed by atoms with Gasteiger partial charge >= 0.3 is 0 Å². The average molecular weight is 544 g/mol. The zero-order valence-electron chi connectivity index (χ0n) is 22.1. The van der Waals surface area contributed by atoms with Gasteiger partial charge in [-0.25, -0.2) is 4.98 Å². The van der Waals surface area contributed by atoms with Crippen LogP contribution in [0.4, 0.5) is 0 Å². The number of para-hydroxylation sites is 1. The molecule has 198 valence electrons. The van der Waals surface area contributed by atoms with E-state index in [1.807, 2.05) is 36.4 Å². The Labute approximate surface area is 237 Å². The van der Waals surface area contributed by atoms with E-state index in [9.17, 15) is 0 Å². The van der Waals surface area contributed by atoms with Crippen LogP contribution >= 0.6 is 11.8 Å². The van der Waals surface area contributed by atoms with Crippen molar-refractivity contribution in [2.75, 3.05) is 6.61 Å². The van der Waals surface area contributed by atoms with Crippen molar-refractivity contribution in [1.82, 2.24) is 24.3 Å². The standard InChI is InChI=1S/C33H29N5OS/c1-2-11-25(12-3-1)31-21-29(28-15-4-5-16-30(28)34-31)32-35-36-33(38(32)22-27-14-9-19-39-27)40-23-24-10-8-13-26(20-24)37-17-6-7-18-37/h1-8,10-13,15-18,20-21,27H,9,14,19,22-23H2. The summed E-state index contributed by atoms with van der Waals surface area (Å²) in [5, 5.41) is 11.5. The van der Waals surface area contributed by atoms with Gasteiger partial charge in [-0.05, 0) is 54.8 Å². The maximum absolute atomic E-state index is 6.07. The zero-order valence-corrected chi connectivity index (χ0v) is 22.9. The Kier molecular flexibility index (Phi) is 6.90. The van der Waals surface area contributed by atoms with Crippen LogP contribution in [0.2, 0.25) is 0 Å². The van der Waals surface area contributed by atoms with Crippen molar-refractivity contribution in [1.29, 1.82) is 0 Å². The third kappa shape index (κ3) is 5.06. The predicted molar refractivity (Wildman–Crippen MR) is 160 cm³/mol. The fraction of sp³-hybridized carbons (Fsp3) is 0.182. The molecule has 3 aromatic heterocycles. The van der Waals surface area contributed by atoms with E-state index >= 15 is 0 Å². The van der Waals surface area contributed by atoms with Crippen molar-refractivity contribution < 1.29 is 4.74 Å². The van der Waals surface area contributed by atoms with Crippen LogP contribution in [0.25, 0.3) is 39.2 Å². The van der Waals surface area contributed by atoms with Crippen molar-refractivity contribution in [3.63, 3.8) is 0 Å². The van der Waals surface area contributed by atoms with Gasteiger partial charge in [0, 0.05) is 47.0 Å². The third-order valence-corrected chi connectivity index (χ3v) is 8.37. The molecule has 6 aromatic rings. The van der Waals surface area contributed by atoms with E-state index in [0.29, 0.717) is 0 Å². The summed E-state index contributed by atoms with van der Waals surface area (Å²) < 4.78 is 10.5. The lowest BCUT2D eigenvalue weighted by Crippen LogP contribution is -2.16. The lowest BCUT2D eigenvalue weighted by molar-refractivity contribution is 0.0953. The van der Waals surface area contributed by atoms with Gasteiger partial charge in [0.2, 0.25) is 0 Å². The van der Waals surface area contributed by atoms with Gasteiger partial charge in [-0.3, -0.25) is 4.57 Å². The van der Waals surface area contributed by atoms with Crippen LogP contribution in [0.5, 0.6) is 0 Å². The summed E-state index contributed by atoms with van der Waals surface area (Å²) in [6.07, 6.45) is 6.44. The van der Waals surface area contributed by atoms with Crippen LogP contribution in [0.1, 0.15) is 18.4 Å². The third-order valence-electron chi connectivity index (χ3n) is 7.33. The molecule has 0 radical (unpaired) electrons. The fourth-order valence-corrected chi connectivity index (χ4v) is 6.22. The smallest absolute Gasteiger partial charge is 0.191 e. The molecule has 7 heteroatoms. The molecule has 0 spiro atoms. The van der Waals surface area contributed by atoms with Crippen molar-refractivity contribution in [3.8, 4) is 28.3 Å². The van der Waals surface area contributed by atoms with Gasteiger partial charge < -0.3 is 9.30 Å². The Balaban J connectivity index is 1.28. The second kappa shape index (κ2) is 11.1. The molecule has 40 heavy (non-hydrogen) atoms. The van der Waals surface area contributed by atoms with Gasteiger partial charge in [0.15, 0.2) is 11.0 Å². The van der Waals surface area contributed by atoms with Crippen LogP contribution in [0, 0.1) is 0 Å². The van der Waals surface area contributed by atoms with Crippen LogP contribution in [-0.2, 0) is 17.0 Å². The molecular formula is C33H29N5OS. The van der Waals surface area contributed by atoms with E-state index in [1.54, 1.807) is 11.8 Å². The van der Waals surface area contributed by atoms with Crippen molar-refractivity contribution in [3.05, 3.63) is 115 Å². The van der Waals surface area contributed by atoms with Gasteiger partial charge in [0.25, 0.3) is 0 Å². The topological polar surface area (TPSA) is 57.8 Å². The number of nitrogens with zero attached hydrogens (tertiary/aromatic N) is 5. The molecule has 1 atom stereocenters. The second-order valence-corrected chi connectivity index (χ2v) is 11.0. The second-order valence-electron chi connectivity index (χ2n) is 10.0. The lowest BCUT2D eigenvalue weighted by Gasteiger charge is -2.16. The number of pyridine rings is 1. The van der Waals surface area contributed by atoms with Crippen LogP contribution < -0.4 is 0 Å². The monoisotopic (exact) mass is 543 g/mol. The van der Waals surface area contributed by atoms with Crippen molar-refractivity contribution in [2.45, 2.75) is 36.4 Å². The highest BCUT2D eigenvalue weighted by molar-refractivity contribution is 7.98. The van der Waals surface area contributed by atoms with Crippen molar-refractivity contribution in [2.24, 2.45) is 0 Å². The molecule has 0 saturated carbocycles. The number of rotatable bonds is 8. The number of aromatic nitrogens is 5. The first-order valence-corrected chi connectivity index (χ1v) is 14.7. The van der Waals surface area contributed by atoms with Gasteiger partial charge in [0.05, 0.1) is 23.9 Å². The molecule has 0 N–H and O–H groups in total. The molecule has 6 nitrogen and oxygen atoms in total. The van der Waals surface area contributed by atoms with E-state index in [0.717, 1.165) is 76.1 Å². The molecular weight excluding hydrogens is 514 g/mol. The Bertz CT molecular complexity index is 1740. The number of benzene rings is 3. The van der Waals surface area contributed by atoms with Gasteiger partial charge in [-0.1, -0.05) is 72.4 Å². The number of hydrogen-bond acceptors (Lipinski definition) is 5. The number of ether oxygens (including phenoxy) is 1. The quantitative estimate of drug-likeness (QED) is 0.187. The number of thioether (sulfide) groups is 1. The van der Waals surface area contributed by atoms with E-state index in [1.165, 1.54) is 5.56 Å². The molecule has 0 bridgehead atoms. The summed E-state index contributed by atoms with van der Waals surface area (Å²) in [6.45, 7) is 1.54. The molecule has 0 amide bonds. The fourth-order valence-electron chi connectivity index (χ4n) is 5.33. The first kappa shape index (κ1) is 24.8. The normalized spacial score (nSPS) is 15.2. The van der Waals surface area contributed by atoms with Crippen LogP contribution in [0.3, 0.4) is 0 Å². The first-order valence-electron chi connectivity index (χ1n) is 13.7. The molecule has 1 aliphatic heterocycles. The van der Waals surface area contributed by atoms with Gasteiger partial charge in [-0.15, -0.1) is 10.2 Å². The first-order chi connectivity index (χ1) is 19.8. The molecule has 4 heterocycles. The van der Waals surface area contributed by atoms with E-state index in [4.69, 9.17) is 19.9 Å². The Morgan fingerprint density at radius 1 is 0.850 bits per heavy atom. The highest BCUT2D eigenvalue weighted by atomic mass is 32.2. The maximum atomic E-state index is 6.07. The minimum absolute atomic E-state index is 0.160. The summed E-state index contributed by atoms with van der Waals surface area (Å²) >= 11 is 1.72. The van der Waals surface area contributed by atoms with Crippen LogP contribution in [0.15, 0.2) is 115 Å². The molecule has 3 aromatic carbocycles. The maximum Gasteiger partial charge on any atom is 0.191 e. The minimum Gasteiger partial charge on any atom is -0.376 e. The molecule has 1 fully saturated rings. The largest absolute Gasteiger partial charge is 0.376 e. The van der Waals surface area contributed by atoms with E-state index in [2.05, 4.69) is 82.2 Å². The van der Waals surface area contributed by atoms with Gasteiger partial charge in [-0.2, -0.15) is 0 Å². The predicted octanol–water partition coefficient (Wildman–Crippen LogP) is 7.42. The average Bonchev–Trinajstić information content (AvgIpc) is 3.80. The SMILES string of the molecule is c1ccc(-c2cc(-c3nnc(SCc4cccc(-n5cccc5)c4)n3CC3CCCO3)c3ccccc3n2)cc1. The number of fused-ring (bicyclic) bond motifs is 1. The summed E-state index contributed by atoms with van der Waals surface area (Å²) in [7, 11) is 0. The molecule has 7 rings (SSSR count). The van der Waals surface area contributed by atoms with Crippen molar-refractivity contribution >= 4 is 22.7 Å². The Morgan fingerprint density at radius 3 is 2.55 bits per heavy atom. The van der Waals surface area contributed by atoms with E-state index in [-0.39, 0.29) is 6.10 Å². The number of hydrogen-bond donors (Lipinski definition) is 0. The summed E-state index contributed by atoms with van der Waals surface area (Å²) in [4.78, 5) is 4.99. The molecule has 1 saturated heterocycles. The molecule has 0 aliphatic carbocycles. The minimum atomic E-state index is 0.160. The molecule has 1 unspecified atom stereocenters. The Morgan fingerprint density at radius 2 is 1.70 bits per heavy atom. The summed E-state index contributed by atoms with van der Waals surface area (Å²) in [5.74, 6) is 1.65. The Hall–Kier alpha value is -4.20. The lowest BCUT2D eigenvalue weighted by atomic mass is 10.0. The zero-order chi connectivity index (χ0) is 26.7. The van der Waals surface area contributed by atoms with Gasteiger partial charge in [0.1, 0.15) is 0 Å². The highest BCUT2D eigenvalue weighted by Crippen LogP contribution is 2.34. The van der Waals surface area contributed by atoms with E-state index < -0.39 is 0 Å². The highest BCUT2D eigenvalue weighted by Gasteiger charge is 2.23. The molecule has 1 aliphatic rings. The summed E-state index contributed by atoms with van der Waals surface area (Å²) in [6, 6.07) is 33.5.